The van der Waals surface area contributed by atoms with Gasteiger partial charge in [0.05, 0.1) is 6.61 Å². The molecular formula is C23H34N2O6. The number of benzene rings is 1. The largest absolute Gasteiger partial charge is 0.491 e. The highest BCUT2D eigenvalue weighted by molar-refractivity contribution is 5.87. The van der Waals surface area contributed by atoms with E-state index in [1.807, 2.05) is 0 Å². The molecule has 1 N–H and O–H groups in total. The van der Waals surface area contributed by atoms with Crippen LogP contribution in [0.4, 0.5) is 4.79 Å². The normalized spacial score (nSPS) is 19.8. The van der Waals surface area contributed by atoms with Crippen molar-refractivity contribution in [1.29, 1.82) is 0 Å². The lowest BCUT2D eigenvalue weighted by atomic mass is 10.0. The van der Waals surface area contributed by atoms with Crippen LogP contribution >= 0.6 is 0 Å². The minimum absolute atomic E-state index is 0.132. The Bertz CT molecular complexity index is 721. The van der Waals surface area contributed by atoms with Crippen LogP contribution < -0.4 is 10.1 Å². The number of amides is 2. The van der Waals surface area contributed by atoms with Crippen molar-refractivity contribution in [2.75, 3.05) is 32.9 Å². The number of hydrogen-bond acceptors (Lipinski definition) is 6. The molecule has 0 aliphatic carbocycles. The topological polar surface area (TPSA) is 86.3 Å². The van der Waals surface area contributed by atoms with E-state index in [0.717, 1.165) is 32.3 Å². The Morgan fingerprint density at radius 3 is 2.45 bits per heavy atom. The number of rotatable bonds is 8. The van der Waals surface area contributed by atoms with Crippen LogP contribution in [-0.2, 0) is 19.0 Å². The molecule has 8 heteroatoms. The van der Waals surface area contributed by atoms with E-state index >= 15 is 0 Å². The van der Waals surface area contributed by atoms with Crippen LogP contribution in [0.5, 0.6) is 5.75 Å². The molecule has 3 rings (SSSR count). The lowest BCUT2D eigenvalue weighted by Crippen LogP contribution is -2.49. The second kappa shape index (κ2) is 10.8. The Morgan fingerprint density at radius 1 is 1.13 bits per heavy atom. The summed E-state index contributed by atoms with van der Waals surface area (Å²) >= 11 is 0. The van der Waals surface area contributed by atoms with Crippen molar-refractivity contribution in [2.24, 2.45) is 0 Å². The maximum atomic E-state index is 12.9. The van der Waals surface area contributed by atoms with E-state index in [1.54, 1.807) is 49.9 Å². The summed E-state index contributed by atoms with van der Waals surface area (Å²) in [5.74, 6) is 0.538. The number of nitrogens with one attached hydrogen (secondary N) is 1. The zero-order valence-electron chi connectivity index (χ0n) is 18.7. The number of carbonyl (C=O) groups is 2. The van der Waals surface area contributed by atoms with Crippen LogP contribution in [0.1, 0.15) is 58.1 Å². The van der Waals surface area contributed by atoms with E-state index in [4.69, 9.17) is 18.9 Å². The Labute approximate surface area is 184 Å². The first kappa shape index (κ1) is 23.3. The van der Waals surface area contributed by atoms with E-state index in [-0.39, 0.29) is 12.2 Å². The summed E-state index contributed by atoms with van der Waals surface area (Å²) in [4.78, 5) is 26.9. The third-order valence-electron chi connectivity index (χ3n) is 5.08. The monoisotopic (exact) mass is 434 g/mol. The first-order valence-electron chi connectivity index (χ1n) is 11.1. The van der Waals surface area contributed by atoms with Gasteiger partial charge in [0.15, 0.2) is 6.29 Å². The van der Waals surface area contributed by atoms with Crippen molar-refractivity contribution in [2.45, 2.75) is 64.4 Å². The smallest absolute Gasteiger partial charge is 0.408 e. The summed E-state index contributed by atoms with van der Waals surface area (Å²) in [6.45, 7) is 8.38. The molecule has 0 bridgehead atoms. The van der Waals surface area contributed by atoms with Gasteiger partial charge in [-0.2, -0.15) is 0 Å². The molecule has 172 valence electrons. The van der Waals surface area contributed by atoms with Crippen molar-refractivity contribution < 1.29 is 28.5 Å². The number of alkyl carbamates (subject to hydrolysis) is 1. The standard InChI is InChI=1S/C23H34N2O6/c1-23(2,3)31-22(27)24-20(21(26)25-12-6-13-25)17-8-10-18(11-9-17)28-15-16-30-19-7-4-5-14-29-19/h8-11,19-20H,4-7,12-16H2,1-3H3,(H,24,27)/t19?,20-/m0/s1. The van der Waals surface area contributed by atoms with Crippen LogP contribution in [0, 0.1) is 0 Å². The summed E-state index contributed by atoms with van der Waals surface area (Å²) in [7, 11) is 0. The van der Waals surface area contributed by atoms with Gasteiger partial charge in [-0.25, -0.2) is 4.79 Å². The summed E-state index contributed by atoms with van der Waals surface area (Å²) in [6.07, 6.45) is 3.37. The van der Waals surface area contributed by atoms with Gasteiger partial charge in [0.1, 0.15) is 24.0 Å². The van der Waals surface area contributed by atoms with Crippen molar-refractivity contribution in [3.8, 4) is 5.75 Å². The molecule has 0 aromatic heterocycles. The Balaban J connectivity index is 1.54. The first-order chi connectivity index (χ1) is 14.8. The average Bonchev–Trinajstić information content (AvgIpc) is 2.68. The molecule has 1 unspecified atom stereocenters. The van der Waals surface area contributed by atoms with Crippen LogP contribution in [0.25, 0.3) is 0 Å². The molecule has 8 nitrogen and oxygen atoms in total. The lowest BCUT2D eigenvalue weighted by Gasteiger charge is -2.34. The highest BCUT2D eigenvalue weighted by Gasteiger charge is 2.31. The van der Waals surface area contributed by atoms with Crippen LogP contribution in [0.3, 0.4) is 0 Å². The Morgan fingerprint density at radius 2 is 1.87 bits per heavy atom. The van der Waals surface area contributed by atoms with Crippen LogP contribution in [0.15, 0.2) is 24.3 Å². The number of carbonyl (C=O) groups excluding carboxylic acids is 2. The van der Waals surface area contributed by atoms with Crippen LogP contribution in [0.2, 0.25) is 0 Å². The lowest BCUT2D eigenvalue weighted by molar-refractivity contribution is -0.165. The molecule has 0 saturated carbocycles. The summed E-state index contributed by atoms with van der Waals surface area (Å²) in [6, 6.07) is 6.37. The molecular weight excluding hydrogens is 400 g/mol. The molecule has 2 aliphatic heterocycles. The Hall–Kier alpha value is -2.32. The predicted molar refractivity (Wildman–Crippen MR) is 115 cm³/mol. The van der Waals surface area contributed by atoms with Gasteiger partial charge in [0.2, 0.25) is 5.91 Å². The number of ether oxygens (including phenoxy) is 4. The highest BCUT2D eigenvalue weighted by Crippen LogP contribution is 2.23. The van der Waals surface area contributed by atoms with Gasteiger partial charge in [0.25, 0.3) is 0 Å². The van der Waals surface area contributed by atoms with Crippen LogP contribution in [-0.4, -0.2) is 61.7 Å². The third-order valence-corrected chi connectivity index (χ3v) is 5.08. The molecule has 0 spiro atoms. The SMILES string of the molecule is CC(C)(C)OC(=O)N[C@H](C(=O)N1CCC1)c1ccc(OCCOC2CCCCO2)cc1. The minimum atomic E-state index is -0.795. The van der Waals surface area contributed by atoms with Crippen molar-refractivity contribution in [1.82, 2.24) is 10.2 Å². The molecule has 2 amide bonds. The fourth-order valence-electron chi connectivity index (χ4n) is 3.37. The van der Waals surface area contributed by atoms with E-state index in [9.17, 15) is 9.59 Å². The number of hydrogen-bond donors (Lipinski definition) is 1. The second-order valence-corrected chi connectivity index (χ2v) is 8.84. The van der Waals surface area contributed by atoms with Gasteiger partial charge in [0, 0.05) is 19.7 Å². The molecule has 1 aromatic rings. The molecule has 2 atom stereocenters. The van der Waals surface area contributed by atoms with Crippen molar-refractivity contribution in [3.63, 3.8) is 0 Å². The molecule has 2 heterocycles. The average molecular weight is 435 g/mol. The summed E-state index contributed by atoms with van der Waals surface area (Å²) < 4.78 is 22.3. The fourth-order valence-corrected chi connectivity index (χ4v) is 3.37. The quantitative estimate of drug-likeness (QED) is 0.631. The minimum Gasteiger partial charge on any atom is -0.491 e. The van der Waals surface area contributed by atoms with E-state index in [0.29, 0.717) is 37.6 Å². The van der Waals surface area contributed by atoms with E-state index in [1.165, 1.54) is 0 Å². The molecule has 2 fully saturated rings. The second-order valence-electron chi connectivity index (χ2n) is 8.84. The third kappa shape index (κ3) is 7.40. The maximum absolute atomic E-state index is 12.9. The maximum Gasteiger partial charge on any atom is 0.408 e. The van der Waals surface area contributed by atoms with Gasteiger partial charge in [-0.05, 0) is 64.2 Å². The fraction of sp³-hybridized carbons (Fsp3) is 0.652. The van der Waals surface area contributed by atoms with Gasteiger partial charge in [-0.1, -0.05) is 12.1 Å². The molecule has 0 radical (unpaired) electrons. The zero-order valence-corrected chi connectivity index (χ0v) is 18.7. The molecule has 2 saturated heterocycles. The van der Waals surface area contributed by atoms with Gasteiger partial charge >= 0.3 is 6.09 Å². The van der Waals surface area contributed by atoms with E-state index in [2.05, 4.69) is 5.32 Å². The van der Waals surface area contributed by atoms with Crippen molar-refractivity contribution >= 4 is 12.0 Å². The predicted octanol–water partition coefficient (Wildman–Crippen LogP) is 3.41. The zero-order chi connectivity index (χ0) is 22.3. The number of nitrogens with zero attached hydrogens (tertiary/aromatic N) is 1. The number of likely N-dealkylation sites (tertiary alicyclic amines) is 1. The molecule has 31 heavy (non-hydrogen) atoms. The highest BCUT2D eigenvalue weighted by atomic mass is 16.7. The Kier molecular flexibility index (Phi) is 8.15. The summed E-state index contributed by atoms with van der Waals surface area (Å²) in [5, 5.41) is 2.72. The van der Waals surface area contributed by atoms with Gasteiger partial charge in [-0.3, -0.25) is 4.79 Å². The van der Waals surface area contributed by atoms with Gasteiger partial charge in [-0.15, -0.1) is 0 Å². The molecule has 2 aliphatic rings. The van der Waals surface area contributed by atoms with E-state index < -0.39 is 17.7 Å². The van der Waals surface area contributed by atoms with Crippen molar-refractivity contribution in [3.05, 3.63) is 29.8 Å². The first-order valence-corrected chi connectivity index (χ1v) is 11.1. The van der Waals surface area contributed by atoms with Gasteiger partial charge < -0.3 is 29.2 Å². The summed E-state index contributed by atoms with van der Waals surface area (Å²) in [5.41, 5.74) is 0.0404. The molecule has 1 aromatic carbocycles.